The van der Waals surface area contributed by atoms with Crippen molar-refractivity contribution in [3.8, 4) is 0 Å². The molecular weight excluding hydrogens is 733 g/mol. The molecule has 0 aromatic carbocycles. The van der Waals surface area contributed by atoms with E-state index in [4.69, 9.17) is 14.2 Å². The van der Waals surface area contributed by atoms with Gasteiger partial charge in [0.25, 0.3) is 0 Å². The highest BCUT2D eigenvalue weighted by Crippen LogP contribution is 2.15. The Morgan fingerprint density at radius 1 is 0.356 bits per heavy atom. The quantitative estimate of drug-likeness (QED) is 0.0264. The van der Waals surface area contributed by atoms with Gasteiger partial charge in [0.2, 0.25) is 0 Å². The zero-order valence-electron chi connectivity index (χ0n) is 38.5. The van der Waals surface area contributed by atoms with E-state index in [1.165, 1.54) is 83.5 Å². The molecule has 0 saturated heterocycles. The number of esters is 3. The summed E-state index contributed by atoms with van der Waals surface area (Å²) >= 11 is 0. The summed E-state index contributed by atoms with van der Waals surface area (Å²) in [6.45, 7) is 6.38. The van der Waals surface area contributed by atoms with Crippen molar-refractivity contribution < 1.29 is 28.6 Å². The molecule has 0 aliphatic rings. The number of carbonyl (C=O) groups is 3. The van der Waals surface area contributed by atoms with Crippen molar-refractivity contribution in [3.05, 3.63) is 72.9 Å². The number of allylic oxidation sites excluding steroid dienone is 12. The first-order valence-electron chi connectivity index (χ1n) is 24.4. The van der Waals surface area contributed by atoms with E-state index in [0.29, 0.717) is 19.3 Å². The van der Waals surface area contributed by atoms with Crippen LogP contribution >= 0.6 is 0 Å². The van der Waals surface area contributed by atoms with Gasteiger partial charge in [-0.15, -0.1) is 0 Å². The van der Waals surface area contributed by atoms with Crippen LogP contribution in [0.1, 0.15) is 226 Å². The zero-order valence-corrected chi connectivity index (χ0v) is 38.5. The predicted molar refractivity (Wildman–Crippen MR) is 251 cm³/mol. The van der Waals surface area contributed by atoms with Crippen molar-refractivity contribution in [3.63, 3.8) is 0 Å². The molecule has 59 heavy (non-hydrogen) atoms. The molecule has 0 N–H and O–H groups in total. The standard InChI is InChI=1S/C53H90O6/c1-4-7-10-13-16-19-22-25-26-29-31-34-37-40-43-46-52(55)58-49-50(59-53(56)47-44-41-38-35-32-28-24-21-18-15-12-9-6-3)48-57-51(54)45-42-39-36-33-30-27-23-20-17-14-11-8-5-2/h9,11-12,14,18,20-21,23,28,32,38,41,50H,4-8,10,13,15-17,19,22,24-27,29-31,33-37,39-40,42-49H2,1-3H3/b12-9-,14-11-,21-18-,23-20-,32-28-,41-38-. The summed E-state index contributed by atoms with van der Waals surface area (Å²) in [5.74, 6) is -1.00. The maximum absolute atomic E-state index is 12.7. The number of unbranched alkanes of at least 4 members (excludes halogenated alkanes) is 20. The minimum atomic E-state index is -0.816. The molecule has 6 heteroatoms. The van der Waals surface area contributed by atoms with E-state index in [-0.39, 0.29) is 31.6 Å². The molecule has 0 radical (unpaired) electrons. The van der Waals surface area contributed by atoms with Crippen molar-refractivity contribution >= 4 is 17.9 Å². The average molecular weight is 823 g/mol. The van der Waals surface area contributed by atoms with Crippen molar-refractivity contribution in [1.82, 2.24) is 0 Å². The summed E-state index contributed by atoms with van der Waals surface area (Å²) in [5.41, 5.74) is 0. The van der Waals surface area contributed by atoms with Gasteiger partial charge in [0.05, 0.1) is 0 Å². The Kier molecular flexibility index (Phi) is 45.0. The molecule has 1 unspecified atom stereocenters. The van der Waals surface area contributed by atoms with Gasteiger partial charge in [0.15, 0.2) is 6.10 Å². The number of carbonyl (C=O) groups excluding carboxylic acids is 3. The zero-order chi connectivity index (χ0) is 43.0. The second kappa shape index (κ2) is 47.5. The lowest BCUT2D eigenvalue weighted by molar-refractivity contribution is -0.166. The van der Waals surface area contributed by atoms with Crippen LogP contribution < -0.4 is 0 Å². The molecule has 0 spiro atoms. The molecule has 338 valence electrons. The van der Waals surface area contributed by atoms with E-state index in [2.05, 4.69) is 81.5 Å². The summed E-state index contributed by atoms with van der Waals surface area (Å²) in [6.07, 6.45) is 59.0. The molecular formula is C53H90O6. The first-order chi connectivity index (χ1) is 29.0. The first kappa shape index (κ1) is 55.9. The molecule has 0 fully saturated rings. The number of hydrogen-bond donors (Lipinski definition) is 0. The first-order valence-corrected chi connectivity index (χ1v) is 24.4. The molecule has 0 heterocycles. The molecule has 0 aromatic rings. The van der Waals surface area contributed by atoms with Crippen LogP contribution in [0.4, 0.5) is 0 Å². The highest BCUT2D eigenvalue weighted by atomic mass is 16.6. The van der Waals surface area contributed by atoms with Gasteiger partial charge in [-0.1, -0.05) is 209 Å². The highest BCUT2D eigenvalue weighted by molar-refractivity contribution is 5.71. The van der Waals surface area contributed by atoms with Crippen LogP contribution in [0.5, 0.6) is 0 Å². The average Bonchev–Trinajstić information content (AvgIpc) is 3.23. The van der Waals surface area contributed by atoms with Crippen LogP contribution in [0.3, 0.4) is 0 Å². The van der Waals surface area contributed by atoms with E-state index < -0.39 is 12.1 Å². The molecule has 6 nitrogen and oxygen atoms in total. The van der Waals surface area contributed by atoms with E-state index in [0.717, 1.165) is 96.3 Å². The molecule has 0 rings (SSSR count). The lowest BCUT2D eigenvalue weighted by Crippen LogP contribution is -2.30. The highest BCUT2D eigenvalue weighted by Gasteiger charge is 2.19. The third-order valence-electron chi connectivity index (χ3n) is 10.2. The molecule has 0 aliphatic heterocycles. The number of hydrogen-bond acceptors (Lipinski definition) is 6. The Morgan fingerprint density at radius 3 is 1.17 bits per heavy atom. The van der Waals surface area contributed by atoms with Crippen LogP contribution in [-0.2, 0) is 28.6 Å². The fourth-order valence-corrected chi connectivity index (χ4v) is 6.55. The lowest BCUT2D eigenvalue weighted by atomic mass is 10.0. The van der Waals surface area contributed by atoms with Crippen LogP contribution in [0.15, 0.2) is 72.9 Å². The summed E-state index contributed by atoms with van der Waals surface area (Å²) in [4.78, 5) is 37.8. The second-order valence-corrected chi connectivity index (χ2v) is 16.0. The van der Waals surface area contributed by atoms with E-state index in [1.807, 2.05) is 12.2 Å². The van der Waals surface area contributed by atoms with E-state index >= 15 is 0 Å². The molecule has 0 amide bonds. The van der Waals surface area contributed by atoms with Crippen LogP contribution in [0, 0.1) is 0 Å². The SMILES string of the molecule is CC/C=C\C/C=C\C/C=C\C/C=C\CCC(=O)OC(COC(=O)CCCCCCC/C=C\C/C=C\CCC)COC(=O)CCCCCCCCCCCCCCCCC. The van der Waals surface area contributed by atoms with Gasteiger partial charge in [-0.25, -0.2) is 0 Å². The molecule has 1 atom stereocenters. The van der Waals surface area contributed by atoms with Gasteiger partial charge >= 0.3 is 17.9 Å². The minimum Gasteiger partial charge on any atom is -0.462 e. The van der Waals surface area contributed by atoms with Crippen LogP contribution in [0.2, 0.25) is 0 Å². The van der Waals surface area contributed by atoms with E-state index in [9.17, 15) is 14.4 Å². The Morgan fingerprint density at radius 2 is 0.729 bits per heavy atom. The second-order valence-electron chi connectivity index (χ2n) is 16.0. The summed E-state index contributed by atoms with van der Waals surface area (Å²) in [6, 6.07) is 0. The Balaban J connectivity index is 4.47. The summed E-state index contributed by atoms with van der Waals surface area (Å²) < 4.78 is 16.7. The number of ether oxygens (including phenoxy) is 3. The van der Waals surface area contributed by atoms with Crippen molar-refractivity contribution in [2.75, 3.05) is 13.2 Å². The number of rotatable bonds is 43. The van der Waals surface area contributed by atoms with Gasteiger partial charge in [-0.05, 0) is 70.6 Å². The summed E-state index contributed by atoms with van der Waals surface area (Å²) in [7, 11) is 0. The van der Waals surface area contributed by atoms with Crippen molar-refractivity contribution in [1.29, 1.82) is 0 Å². The predicted octanol–water partition coefficient (Wildman–Crippen LogP) is 15.9. The van der Waals surface area contributed by atoms with Gasteiger partial charge in [0.1, 0.15) is 13.2 Å². The maximum atomic E-state index is 12.7. The minimum absolute atomic E-state index is 0.107. The monoisotopic (exact) mass is 823 g/mol. The normalized spacial score (nSPS) is 12.7. The Hall–Kier alpha value is -3.15. The van der Waals surface area contributed by atoms with Crippen LogP contribution in [0.25, 0.3) is 0 Å². The van der Waals surface area contributed by atoms with Gasteiger partial charge in [-0.2, -0.15) is 0 Å². The van der Waals surface area contributed by atoms with E-state index in [1.54, 1.807) is 0 Å². The van der Waals surface area contributed by atoms with Crippen molar-refractivity contribution in [2.24, 2.45) is 0 Å². The topological polar surface area (TPSA) is 78.9 Å². The Bertz CT molecular complexity index is 1130. The van der Waals surface area contributed by atoms with Gasteiger partial charge in [-0.3, -0.25) is 14.4 Å². The molecule has 0 aliphatic carbocycles. The third kappa shape index (κ3) is 45.8. The molecule has 0 saturated carbocycles. The Labute approximate surface area is 363 Å². The maximum Gasteiger partial charge on any atom is 0.306 e. The van der Waals surface area contributed by atoms with Gasteiger partial charge in [0, 0.05) is 19.3 Å². The van der Waals surface area contributed by atoms with Gasteiger partial charge < -0.3 is 14.2 Å². The summed E-state index contributed by atoms with van der Waals surface area (Å²) in [5, 5.41) is 0. The largest absolute Gasteiger partial charge is 0.462 e. The third-order valence-corrected chi connectivity index (χ3v) is 10.2. The van der Waals surface area contributed by atoms with Crippen molar-refractivity contribution in [2.45, 2.75) is 232 Å². The molecule has 0 aromatic heterocycles. The molecule has 0 bridgehead atoms. The fourth-order valence-electron chi connectivity index (χ4n) is 6.55. The van der Waals surface area contributed by atoms with Crippen LogP contribution in [-0.4, -0.2) is 37.2 Å². The fraction of sp³-hybridized carbons (Fsp3) is 0.717. The lowest BCUT2D eigenvalue weighted by Gasteiger charge is -2.18. The smallest absolute Gasteiger partial charge is 0.306 e.